The summed E-state index contributed by atoms with van der Waals surface area (Å²) in [7, 11) is 0. The second-order valence-electron chi connectivity index (χ2n) is 5.34. The molecule has 0 aliphatic heterocycles. The zero-order chi connectivity index (χ0) is 17.8. The van der Waals surface area contributed by atoms with Crippen molar-refractivity contribution >= 4 is 23.2 Å². The molecule has 3 aromatic heterocycles. The Labute approximate surface area is 147 Å². The SMILES string of the molecule is Cc1cc(C(=O)NNC(=O)CCc2nnc(-c3ccsc3)o2)c(C)o1. The maximum atomic E-state index is 12.0. The van der Waals surface area contributed by atoms with Crippen molar-refractivity contribution in [2.24, 2.45) is 0 Å². The van der Waals surface area contributed by atoms with E-state index in [9.17, 15) is 9.59 Å². The largest absolute Gasteiger partial charge is 0.466 e. The fourth-order valence-electron chi connectivity index (χ4n) is 2.19. The molecule has 0 unspecified atom stereocenters. The van der Waals surface area contributed by atoms with Crippen LogP contribution in [0, 0.1) is 13.8 Å². The van der Waals surface area contributed by atoms with Crippen LogP contribution in [0.15, 0.2) is 31.7 Å². The minimum atomic E-state index is -0.430. The van der Waals surface area contributed by atoms with Crippen molar-refractivity contribution in [1.82, 2.24) is 21.0 Å². The Morgan fingerprint density at radius 1 is 1.20 bits per heavy atom. The van der Waals surface area contributed by atoms with Crippen molar-refractivity contribution in [2.75, 3.05) is 0 Å². The van der Waals surface area contributed by atoms with Crippen molar-refractivity contribution in [2.45, 2.75) is 26.7 Å². The quantitative estimate of drug-likeness (QED) is 0.676. The summed E-state index contributed by atoms with van der Waals surface area (Å²) in [4.78, 5) is 23.8. The Bertz CT molecular complexity index is 882. The van der Waals surface area contributed by atoms with Gasteiger partial charge in [0.1, 0.15) is 11.5 Å². The number of amides is 2. The van der Waals surface area contributed by atoms with Crippen LogP contribution in [-0.4, -0.2) is 22.0 Å². The monoisotopic (exact) mass is 360 g/mol. The zero-order valence-corrected chi connectivity index (χ0v) is 14.5. The first-order valence-electron chi connectivity index (χ1n) is 7.54. The van der Waals surface area contributed by atoms with E-state index in [2.05, 4.69) is 21.0 Å². The normalized spacial score (nSPS) is 10.6. The van der Waals surface area contributed by atoms with Crippen LogP contribution >= 0.6 is 11.3 Å². The van der Waals surface area contributed by atoms with E-state index >= 15 is 0 Å². The molecule has 0 aliphatic carbocycles. The summed E-state index contributed by atoms with van der Waals surface area (Å²) >= 11 is 1.53. The highest BCUT2D eigenvalue weighted by molar-refractivity contribution is 7.08. The lowest BCUT2D eigenvalue weighted by Gasteiger charge is -2.05. The number of hydrogen-bond donors (Lipinski definition) is 2. The molecule has 3 heterocycles. The third-order valence-electron chi connectivity index (χ3n) is 3.40. The van der Waals surface area contributed by atoms with Crippen molar-refractivity contribution in [3.8, 4) is 11.5 Å². The number of aryl methyl sites for hydroxylation is 3. The van der Waals surface area contributed by atoms with Crippen LogP contribution in [0.5, 0.6) is 0 Å². The van der Waals surface area contributed by atoms with E-state index in [-0.39, 0.29) is 18.7 Å². The van der Waals surface area contributed by atoms with Gasteiger partial charge in [-0.1, -0.05) is 0 Å². The van der Waals surface area contributed by atoms with Crippen LogP contribution in [-0.2, 0) is 11.2 Å². The van der Waals surface area contributed by atoms with Gasteiger partial charge in [0.15, 0.2) is 0 Å². The Kier molecular flexibility index (Phi) is 4.94. The minimum absolute atomic E-state index is 0.106. The number of nitrogens with one attached hydrogen (secondary N) is 2. The predicted octanol–water partition coefficient (Wildman–Crippen LogP) is 2.40. The second-order valence-corrected chi connectivity index (χ2v) is 6.12. The number of thiophene rings is 1. The number of carbonyl (C=O) groups excluding carboxylic acids is 2. The van der Waals surface area contributed by atoms with Gasteiger partial charge in [0, 0.05) is 23.8 Å². The molecule has 0 atom stereocenters. The number of hydrogen-bond acceptors (Lipinski definition) is 7. The lowest BCUT2D eigenvalue weighted by molar-refractivity contribution is -0.121. The minimum Gasteiger partial charge on any atom is -0.466 e. The van der Waals surface area contributed by atoms with Crippen LogP contribution in [0.3, 0.4) is 0 Å². The summed E-state index contributed by atoms with van der Waals surface area (Å²) < 4.78 is 10.8. The van der Waals surface area contributed by atoms with E-state index in [1.807, 2.05) is 16.8 Å². The number of carbonyl (C=O) groups is 2. The molecular formula is C16H16N4O4S. The van der Waals surface area contributed by atoms with E-state index in [4.69, 9.17) is 8.83 Å². The third kappa shape index (κ3) is 4.13. The van der Waals surface area contributed by atoms with Crippen LogP contribution < -0.4 is 10.9 Å². The molecule has 0 saturated heterocycles. The van der Waals surface area contributed by atoms with Gasteiger partial charge in [0.2, 0.25) is 17.7 Å². The molecule has 25 heavy (non-hydrogen) atoms. The molecule has 9 heteroatoms. The number of nitrogens with zero attached hydrogens (tertiary/aromatic N) is 2. The van der Waals surface area contributed by atoms with Crippen molar-refractivity contribution < 1.29 is 18.4 Å². The van der Waals surface area contributed by atoms with E-state index in [0.717, 1.165) is 5.56 Å². The average molecular weight is 360 g/mol. The summed E-state index contributed by atoms with van der Waals surface area (Å²) in [6, 6.07) is 3.49. The van der Waals surface area contributed by atoms with Gasteiger partial charge in [-0.05, 0) is 31.4 Å². The standard InChI is InChI=1S/C16H16N4O4S/c1-9-7-12(10(2)23-9)15(22)19-17-13(21)3-4-14-18-20-16(24-14)11-5-6-25-8-11/h5-8H,3-4H2,1-2H3,(H,17,21)(H,19,22). The fourth-order valence-corrected chi connectivity index (χ4v) is 2.82. The highest BCUT2D eigenvalue weighted by Gasteiger charge is 2.15. The molecule has 0 radical (unpaired) electrons. The summed E-state index contributed by atoms with van der Waals surface area (Å²) in [6.07, 6.45) is 0.387. The average Bonchev–Trinajstić information content (AvgIpc) is 3.31. The lowest BCUT2D eigenvalue weighted by Crippen LogP contribution is -2.41. The van der Waals surface area contributed by atoms with Crippen molar-refractivity contribution in [3.63, 3.8) is 0 Å². The molecule has 0 saturated carbocycles. The first kappa shape index (κ1) is 16.9. The van der Waals surface area contributed by atoms with Gasteiger partial charge in [0.05, 0.1) is 5.56 Å². The topological polar surface area (TPSA) is 110 Å². The smallest absolute Gasteiger partial charge is 0.273 e. The van der Waals surface area contributed by atoms with Gasteiger partial charge in [0.25, 0.3) is 5.91 Å². The lowest BCUT2D eigenvalue weighted by atomic mass is 10.2. The first-order chi connectivity index (χ1) is 12.0. The zero-order valence-electron chi connectivity index (χ0n) is 13.7. The summed E-state index contributed by atoms with van der Waals surface area (Å²) in [5.74, 6) is 1.13. The van der Waals surface area contributed by atoms with Crippen LogP contribution in [0.4, 0.5) is 0 Å². The van der Waals surface area contributed by atoms with E-state index in [0.29, 0.717) is 28.9 Å². The molecule has 3 aromatic rings. The highest BCUT2D eigenvalue weighted by atomic mass is 32.1. The number of hydrazine groups is 1. The first-order valence-corrected chi connectivity index (χ1v) is 8.48. The maximum absolute atomic E-state index is 12.0. The van der Waals surface area contributed by atoms with Crippen molar-refractivity contribution in [1.29, 1.82) is 0 Å². The van der Waals surface area contributed by atoms with Crippen LogP contribution in [0.25, 0.3) is 11.5 Å². The van der Waals surface area contributed by atoms with Crippen molar-refractivity contribution in [3.05, 3.63) is 45.9 Å². The van der Waals surface area contributed by atoms with E-state index in [1.165, 1.54) is 11.3 Å². The molecule has 0 aliphatic rings. The molecular weight excluding hydrogens is 344 g/mol. The molecule has 130 valence electrons. The number of rotatable bonds is 5. The number of furan rings is 1. The Hall–Kier alpha value is -2.94. The molecule has 2 amide bonds. The van der Waals surface area contributed by atoms with Gasteiger partial charge in [-0.3, -0.25) is 20.4 Å². The molecule has 2 N–H and O–H groups in total. The Morgan fingerprint density at radius 2 is 2.04 bits per heavy atom. The van der Waals surface area contributed by atoms with Gasteiger partial charge < -0.3 is 8.83 Å². The van der Waals surface area contributed by atoms with Crippen LogP contribution in [0.2, 0.25) is 0 Å². The molecule has 0 fully saturated rings. The van der Waals surface area contributed by atoms with Crippen LogP contribution in [0.1, 0.15) is 34.2 Å². The molecule has 0 bridgehead atoms. The molecule has 3 rings (SSSR count). The van der Waals surface area contributed by atoms with Gasteiger partial charge in [-0.25, -0.2) is 0 Å². The molecule has 8 nitrogen and oxygen atoms in total. The summed E-state index contributed by atoms with van der Waals surface area (Å²) in [5, 5.41) is 11.7. The predicted molar refractivity (Wildman–Crippen MR) is 89.7 cm³/mol. The van der Waals surface area contributed by atoms with Gasteiger partial charge in [-0.2, -0.15) is 11.3 Å². The van der Waals surface area contributed by atoms with E-state index < -0.39 is 5.91 Å². The Balaban J connectivity index is 1.47. The second kappa shape index (κ2) is 7.31. The maximum Gasteiger partial charge on any atom is 0.273 e. The number of aromatic nitrogens is 2. The summed E-state index contributed by atoms with van der Waals surface area (Å²) in [5.41, 5.74) is 5.94. The molecule has 0 aromatic carbocycles. The van der Waals surface area contributed by atoms with E-state index in [1.54, 1.807) is 19.9 Å². The Morgan fingerprint density at radius 3 is 2.72 bits per heavy atom. The third-order valence-corrected chi connectivity index (χ3v) is 4.09. The van der Waals surface area contributed by atoms with Gasteiger partial charge in [-0.15, -0.1) is 10.2 Å². The van der Waals surface area contributed by atoms with Gasteiger partial charge >= 0.3 is 0 Å². The summed E-state index contributed by atoms with van der Waals surface area (Å²) in [6.45, 7) is 3.43. The highest BCUT2D eigenvalue weighted by Crippen LogP contribution is 2.20. The fraction of sp³-hybridized carbons (Fsp3) is 0.250. The molecule has 0 spiro atoms.